The van der Waals surface area contributed by atoms with Crippen molar-refractivity contribution in [1.29, 1.82) is 0 Å². The summed E-state index contributed by atoms with van der Waals surface area (Å²) in [5, 5.41) is 9.29. The Morgan fingerprint density at radius 3 is 2.41 bits per heavy atom. The fraction of sp³-hybridized carbons (Fsp3) is 0.833. The molecule has 0 aromatic heterocycles. The van der Waals surface area contributed by atoms with Crippen LogP contribution in [0.4, 0.5) is 0 Å². The molecule has 0 aromatic carbocycles. The summed E-state index contributed by atoms with van der Waals surface area (Å²) in [6, 6.07) is 0. The van der Waals surface area contributed by atoms with E-state index in [0.717, 1.165) is 31.8 Å². The lowest BCUT2D eigenvalue weighted by molar-refractivity contribution is -0.122. The van der Waals surface area contributed by atoms with E-state index in [4.69, 9.17) is 0 Å². The second-order valence-electron chi connectivity index (χ2n) is 4.34. The molecule has 17 heavy (non-hydrogen) atoms. The van der Waals surface area contributed by atoms with Crippen LogP contribution < -0.4 is 16.0 Å². The Kier molecular flexibility index (Phi) is 6.43. The molecule has 5 nitrogen and oxygen atoms in total. The minimum Gasteiger partial charge on any atom is -0.356 e. The molecule has 0 saturated heterocycles. The van der Waals surface area contributed by atoms with E-state index in [1.165, 1.54) is 6.42 Å². The van der Waals surface area contributed by atoms with Crippen LogP contribution in [-0.2, 0) is 4.79 Å². The number of rotatable bonds is 7. The van der Waals surface area contributed by atoms with E-state index in [0.29, 0.717) is 13.1 Å². The smallest absolute Gasteiger partial charge is 0.223 e. The zero-order valence-electron chi connectivity index (χ0n) is 10.9. The molecule has 0 aliphatic heterocycles. The van der Waals surface area contributed by atoms with Crippen LogP contribution in [0.1, 0.15) is 32.6 Å². The molecule has 1 amide bonds. The van der Waals surface area contributed by atoms with Crippen molar-refractivity contribution >= 4 is 11.9 Å². The molecule has 0 heterocycles. The van der Waals surface area contributed by atoms with Gasteiger partial charge in [-0.15, -0.1) is 0 Å². The summed E-state index contributed by atoms with van der Waals surface area (Å²) >= 11 is 0. The van der Waals surface area contributed by atoms with Gasteiger partial charge in [0.25, 0.3) is 0 Å². The molecule has 1 aliphatic rings. The highest BCUT2D eigenvalue weighted by Crippen LogP contribution is 2.28. The van der Waals surface area contributed by atoms with Crippen molar-refractivity contribution < 1.29 is 4.79 Å². The summed E-state index contributed by atoms with van der Waals surface area (Å²) in [6.45, 7) is 4.46. The molecule has 0 aromatic rings. The van der Waals surface area contributed by atoms with Gasteiger partial charge >= 0.3 is 0 Å². The van der Waals surface area contributed by atoms with Gasteiger partial charge in [-0.05, 0) is 19.3 Å². The quantitative estimate of drug-likeness (QED) is 0.344. The van der Waals surface area contributed by atoms with Gasteiger partial charge in [-0.1, -0.05) is 13.3 Å². The Morgan fingerprint density at radius 2 is 1.82 bits per heavy atom. The Labute approximate surface area is 103 Å². The number of hydrogen-bond donors (Lipinski definition) is 3. The zero-order valence-corrected chi connectivity index (χ0v) is 10.9. The van der Waals surface area contributed by atoms with Gasteiger partial charge in [-0.3, -0.25) is 9.79 Å². The number of amides is 1. The summed E-state index contributed by atoms with van der Waals surface area (Å²) in [6.07, 6.45) is 4.42. The topological polar surface area (TPSA) is 65.5 Å². The van der Waals surface area contributed by atoms with Crippen LogP contribution in [0.25, 0.3) is 0 Å². The van der Waals surface area contributed by atoms with E-state index >= 15 is 0 Å². The van der Waals surface area contributed by atoms with Crippen LogP contribution in [0.15, 0.2) is 4.99 Å². The first-order chi connectivity index (χ1) is 8.27. The molecule has 1 fully saturated rings. The lowest BCUT2D eigenvalue weighted by Crippen LogP contribution is -2.42. The lowest BCUT2D eigenvalue weighted by atomic mass is 10.3. The highest BCUT2D eigenvalue weighted by atomic mass is 16.2. The summed E-state index contributed by atoms with van der Waals surface area (Å²) in [5.74, 6) is 1.29. The first kappa shape index (κ1) is 13.8. The Morgan fingerprint density at radius 1 is 1.18 bits per heavy atom. The molecule has 0 atom stereocenters. The molecule has 1 rings (SSSR count). The van der Waals surface area contributed by atoms with Gasteiger partial charge in [0, 0.05) is 32.6 Å². The molecule has 98 valence electrons. The molecule has 0 bridgehead atoms. The number of guanidine groups is 1. The minimum atomic E-state index is 0.195. The molecule has 1 aliphatic carbocycles. The van der Waals surface area contributed by atoms with Gasteiger partial charge in [0.2, 0.25) is 5.91 Å². The molecule has 0 unspecified atom stereocenters. The predicted molar refractivity (Wildman–Crippen MR) is 70.0 cm³/mol. The van der Waals surface area contributed by atoms with Crippen LogP contribution in [0.2, 0.25) is 0 Å². The van der Waals surface area contributed by atoms with E-state index in [-0.39, 0.29) is 11.8 Å². The second kappa shape index (κ2) is 7.92. The summed E-state index contributed by atoms with van der Waals surface area (Å²) in [5.41, 5.74) is 0. The van der Waals surface area contributed by atoms with Crippen molar-refractivity contribution in [3.05, 3.63) is 0 Å². The first-order valence-corrected chi connectivity index (χ1v) is 6.50. The summed E-state index contributed by atoms with van der Waals surface area (Å²) in [7, 11) is 1.75. The highest BCUT2D eigenvalue weighted by Gasteiger charge is 2.28. The first-order valence-electron chi connectivity index (χ1n) is 6.50. The Balaban J connectivity index is 2.00. The van der Waals surface area contributed by atoms with Crippen molar-refractivity contribution in [3.8, 4) is 0 Å². The van der Waals surface area contributed by atoms with Crippen LogP contribution in [-0.4, -0.2) is 38.5 Å². The van der Waals surface area contributed by atoms with Gasteiger partial charge in [0.1, 0.15) is 0 Å². The number of nitrogens with one attached hydrogen (secondary N) is 3. The third-order valence-corrected chi connectivity index (χ3v) is 2.71. The van der Waals surface area contributed by atoms with E-state index in [9.17, 15) is 4.79 Å². The van der Waals surface area contributed by atoms with Crippen molar-refractivity contribution in [3.63, 3.8) is 0 Å². The van der Waals surface area contributed by atoms with Crippen molar-refractivity contribution in [2.24, 2.45) is 10.9 Å². The van der Waals surface area contributed by atoms with Crippen LogP contribution in [0.5, 0.6) is 0 Å². The predicted octanol–water partition coefficient (Wildman–Crippen LogP) is 0.478. The monoisotopic (exact) mass is 240 g/mol. The van der Waals surface area contributed by atoms with Crippen molar-refractivity contribution in [1.82, 2.24) is 16.0 Å². The van der Waals surface area contributed by atoms with Gasteiger partial charge in [0.15, 0.2) is 5.96 Å². The number of aliphatic imine (C=N–C) groups is 1. The minimum absolute atomic E-state index is 0.195. The van der Waals surface area contributed by atoms with Gasteiger partial charge in [-0.2, -0.15) is 0 Å². The molecule has 3 N–H and O–H groups in total. The normalized spacial score (nSPS) is 15.5. The number of hydrogen-bond acceptors (Lipinski definition) is 2. The van der Waals surface area contributed by atoms with E-state index < -0.39 is 0 Å². The fourth-order valence-corrected chi connectivity index (χ4v) is 1.46. The largest absolute Gasteiger partial charge is 0.356 e. The van der Waals surface area contributed by atoms with Crippen molar-refractivity contribution in [2.75, 3.05) is 26.7 Å². The highest BCUT2D eigenvalue weighted by molar-refractivity contribution is 5.81. The third-order valence-electron chi connectivity index (χ3n) is 2.71. The standard InChI is InChI=1S/C12H24N4O/c1-3-4-7-15-12(13-2)16-9-8-14-11(17)10-5-6-10/h10H,3-9H2,1-2H3,(H,14,17)(H2,13,15,16). The summed E-state index contributed by atoms with van der Waals surface area (Å²) < 4.78 is 0. The molecular weight excluding hydrogens is 216 g/mol. The van der Waals surface area contributed by atoms with E-state index in [1.807, 2.05) is 0 Å². The molecule has 5 heteroatoms. The lowest BCUT2D eigenvalue weighted by Gasteiger charge is -2.11. The maximum atomic E-state index is 11.3. The van der Waals surface area contributed by atoms with Crippen LogP contribution in [0.3, 0.4) is 0 Å². The maximum absolute atomic E-state index is 11.3. The van der Waals surface area contributed by atoms with Gasteiger partial charge in [0.05, 0.1) is 0 Å². The number of carbonyl (C=O) groups is 1. The maximum Gasteiger partial charge on any atom is 0.223 e. The third kappa shape index (κ3) is 6.14. The zero-order chi connectivity index (χ0) is 12.5. The van der Waals surface area contributed by atoms with E-state index in [2.05, 4.69) is 27.9 Å². The molecule has 1 saturated carbocycles. The van der Waals surface area contributed by atoms with Gasteiger partial charge < -0.3 is 16.0 Å². The van der Waals surface area contributed by atoms with Crippen LogP contribution in [0, 0.1) is 5.92 Å². The molecule has 0 radical (unpaired) electrons. The second-order valence-corrected chi connectivity index (χ2v) is 4.34. The van der Waals surface area contributed by atoms with Crippen LogP contribution >= 0.6 is 0 Å². The SMILES string of the molecule is CCCCNC(=NC)NCCNC(=O)C1CC1. The average molecular weight is 240 g/mol. The van der Waals surface area contributed by atoms with E-state index in [1.54, 1.807) is 7.05 Å². The Hall–Kier alpha value is -1.26. The molecular formula is C12H24N4O. The Bertz CT molecular complexity index is 261. The summed E-state index contributed by atoms with van der Waals surface area (Å²) in [4.78, 5) is 15.5. The van der Waals surface area contributed by atoms with Crippen molar-refractivity contribution in [2.45, 2.75) is 32.6 Å². The average Bonchev–Trinajstić information content (AvgIpc) is 3.16. The number of carbonyl (C=O) groups excluding carboxylic acids is 1. The number of unbranched alkanes of at least 4 members (excludes halogenated alkanes) is 1. The molecule has 0 spiro atoms. The van der Waals surface area contributed by atoms with Gasteiger partial charge in [-0.25, -0.2) is 0 Å². The number of nitrogens with zero attached hydrogens (tertiary/aromatic N) is 1. The fourth-order valence-electron chi connectivity index (χ4n) is 1.46.